The fourth-order valence-corrected chi connectivity index (χ4v) is 6.34. The Morgan fingerprint density at radius 3 is 2.40 bits per heavy atom. The number of amides is 1. The molecule has 232 valence electrons. The van der Waals surface area contributed by atoms with Gasteiger partial charge in [-0.05, 0) is 85.0 Å². The smallest absolute Gasteiger partial charge is 0.411 e. The van der Waals surface area contributed by atoms with Gasteiger partial charge in [-0.25, -0.2) is 19.6 Å². The highest BCUT2D eigenvalue weighted by molar-refractivity contribution is 6.34. The van der Waals surface area contributed by atoms with E-state index in [1.165, 1.54) is 7.11 Å². The second-order valence-electron chi connectivity index (χ2n) is 11.2. The lowest BCUT2D eigenvalue weighted by molar-refractivity contribution is 0.0600. The SMILES string of the molecule is COC(=O)c1ccc(-c2ccc(OC)c(-c3cnc(N4CCC4)nc3CN3C(=O)O[C@H](c4cc(Cl)cc(Cl)c4)[C@@H]3C)c2)c(C)c1. The van der Waals surface area contributed by atoms with Crippen molar-refractivity contribution in [3.8, 4) is 28.0 Å². The molecule has 9 nitrogen and oxygen atoms in total. The van der Waals surface area contributed by atoms with E-state index in [1.807, 2.05) is 44.2 Å². The van der Waals surface area contributed by atoms with Crippen LogP contribution in [0.2, 0.25) is 10.0 Å². The average Bonchev–Trinajstić information content (AvgIpc) is 3.27. The number of hydrogen-bond donors (Lipinski definition) is 0. The highest BCUT2D eigenvalue weighted by Crippen LogP contribution is 2.40. The molecule has 2 aliphatic rings. The van der Waals surface area contributed by atoms with Crippen LogP contribution in [0.4, 0.5) is 10.7 Å². The number of aryl methyl sites for hydroxylation is 1. The fraction of sp³-hybridized carbons (Fsp3) is 0.294. The number of cyclic esters (lactones) is 1. The van der Waals surface area contributed by atoms with E-state index in [-0.39, 0.29) is 18.6 Å². The Balaban J connectivity index is 1.40. The Labute approximate surface area is 271 Å². The van der Waals surface area contributed by atoms with E-state index in [1.54, 1.807) is 42.5 Å². The van der Waals surface area contributed by atoms with Crippen molar-refractivity contribution in [2.75, 3.05) is 32.2 Å². The second-order valence-corrected chi connectivity index (χ2v) is 12.1. The molecule has 0 radical (unpaired) electrons. The molecule has 2 saturated heterocycles. The summed E-state index contributed by atoms with van der Waals surface area (Å²) in [5.74, 6) is 0.856. The number of anilines is 1. The van der Waals surface area contributed by atoms with E-state index in [9.17, 15) is 9.59 Å². The Hall–Kier alpha value is -4.34. The second kappa shape index (κ2) is 12.6. The maximum absolute atomic E-state index is 13.3. The third kappa shape index (κ3) is 6.02. The van der Waals surface area contributed by atoms with E-state index in [4.69, 9.17) is 47.4 Å². The lowest BCUT2D eigenvalue weighted by atomic mass is 9.94. The zero-order valence-electron chi connectivity index (χ0n) is 25.3. The molecule has 6 rings (SSSR count). The largest absolute Gasteiger partial charge is 0.496 e. The van der Waals surface area contributed by atoms with Crippen molar-refractivity contribution in [1.29, 1.82) is 0 Å². The van der Waals surface area contributed by atoms with Crippen LogP contribution in [0.3, 0.4) is 0 Å². The Morgan fingerprint density at radius 1 is 1.00 bits per heavy atom. The van der Waals surface area contributed by atoms with Crippen LogP contribution in [0.25, 0.3) is 22.3 Å². The van der Waals surface area contributed by atoms with Crippen LogP contribution < -0.4 is 9.64 Å². The van der Waals surface area contributed by atoms with Crippen LogP contribution in [-0.4, -0.2) is 60.3 Å². The summed E-state index contributed by atoms with van der Waals surface area (Å²) < 4.78 is 16.5. The van der Waals surface area contributed by atoms with Gasteiger partial charge in [0.2, 0.25) is 5.95 Å². The van der Waals surface area contributed by atoms with Crippen LogP contribution in [0, 0.1) is 6.92 Å². The standard InChI is InChI=1S/C34H32Cl2N4O5/c1-19-12-22(32(41)44-4)6-8-26(19)21-7-9-30(43-3)27(15-21)28-17-37-33(39-10-5-11-39)38-29(28)18-40-20(2)31(45-34(40)42)23-13-24(35)16-25(36)14-23/h6-9,12-17,20,31H,5,10-11,18H2,1-4H3/t20-,31-/m0/s1. The lowest BCUT2D eigenvalue weighted by Crippen LogP contribution is -2.39. The van der Waals surface area contributed by atoms with Gasteiger partial charge in [-0.1, -0.05) is 35.3 Å². The summed E-state index contributed by atoms with van der Waals surface area (Å²) >= 11 is 12.5. The number of carbonyl (C=O) groups excluding carboxylic acids is 2. The molecular weight excluding hydrogens is 615 g/mol. The topological polar surface area (TPSA) is 94.1 Å². The van der Waals surface area contributed by atoms with E-state index in [2.05, 4.69) is 4.90 Å². The summed E-state index contributed by atoms with van der Waals surface area (Å²) in [6, 6.07) is 16.2. The number of benzene rings is 3. The van der Waals surface area contributed by atoms with E-state index in [0.29, 0.717) is 33.0 Å². The van der Waals surface area contributed by atoms with Crippen LogP contribution >= 0.6 is 23.2 Å². The first-order valence-electron chi connectivity index (χ1n) is 14.6. The molecule has 2 aliphatic heterocycles. The van der Waals surface area contributed by atoms with Crippen molar-refractivity contribution >= 4 is 41.2 Å². The van der Waals surface area contributed by atoms with E-state index < -0.39 is 12.2 Å². The summed E-state index contributed by atoms with van der Waals surface area (Å²) in [5.41, 5.74) is 6.16. The minimum Gasteiger partial charge on any atom is -0.496 e. The van der Waals surface area contributed by atoms with Crippen molar-refractivity contribution < 1.29 is 23.8 Å². The summed E-state index contributed by atoms with van der Waals surface area (Å²) in [6.07, 6.45) is 1.86. The normalized spacial score (nSPS) is 17.6. The maximum Gasteiger partial charge on any atom is 0.411 e. The maximum atomic E-state index is 13.3. The number of esters is 1. The third-order valence-electron chi connectivity index (χ3n) is 8.37. The summed E-state index contributed by atoms with van der Waals surface area (Å²) in [5, 5.41) is 0.942. The van der Waals surface area contributed by atoms with Gasteiger partial charge in [0, 0.05) is 40.5 Å². The molecule has 0 aliphatic carbocycles. The van der Waals surface area contributed by atoms with E-state index in [0.717, 1.165) is 52.9 Å². The van der Waals surface area contributed by atoms with Gasteiger partial charge in [0.25, 0.3) is 0 Å². The molecule has 0 unspecified atom stereocenters. The molecule has 1 amide bonds. The van der Waals surface area contributed by atoms with Crippen molar-refractivity contribution in [1.82, 2.24) is 14.9 Å². The molecule has 3 aromatic carbocycles. The number of hydrogen-bond acceptors (Lipinski definition) is 8. The molecule has 3 heterocycles. The molecule has 2 fully saturated rings. The number of halogens is 2. The fourth-order valence-electron chi connectivity index (χ4n) is 5.80. The van der Waals surface area contributed by atoms with Gasteiger partial charge < -0.3 is 19.1 Å². The minimum atomic E-state index is -0.553. The molecule has 45 heavy (non-hydrogen) atoms. The highest BCUT2D eigenvalue weighted by atomic mass is 35.5. The molecule has 0 N–H and O–H groups in total. The predicted octanol–water partition coefficient (Wildman–Crippen LogP) is 7.51. The molecule has 0 bridgehead atoms. The van der Waals surface area contributed by atoms with Gasteiger partial charge in [0.1, 0.15) is 11.9 Å². The van der Waals surface area contributed by atoms with Crippen molar-refractivity contribution in [2.24, 2.45) is 0 Å². The third-order valence-corrected chi connectivity index (χ3v) is 8.80. The van der Waals surface area contributed by atoms with Crippen LogP contribution in [-0.2, 0) is 16.0 Å². The van der Waals surface area contributed by atoms with E-state index >= 15 is 0 Å². The molecule has 0 saturated carbocycles. The molecule has 0 spiro atoms. The zero-order valence-corrected chi connectivity index (χ0v) is 26.9. The van der Waals surface area contributed by atoms with Crippen LogP contribution in [0.1, 0.15) is 46.6 Å². The Morgan fingerprint density at radius 2 is 1.76 bits per heavy atom. The number of aromatic nitrogens is 2. The quantitative estimate of drug-likeness (QED) is 0.182. The first-order chi connectivity index (χ1) is 21.7. The van der Waals surface area contributed by atoms with Gasteiger partial charge in [0.05, 0.1) is 38.1 Å². The highest BCUT2D eigenvalue weighted by Gasteiger charge is 2.40. The Bertz CT molecular complexity index is 1770. The van der Waals surface area contributed by atoms with Gasteiger partial charge in [-0.2, -0.15) is 0 Å². The number of rotatable bonds is 8. The van der Waals surface area contributed by atoms with Crippen LogP contribution in [0.15, 0.2) is 60.8 Å². The summed E-state index contributed by atoms with van der Waals surface area (Å²) in [6.45, 7) is 5.82. The molecule has 11 heteroatoms. The first kappa shape index (κ1) is 30.7. The van der Waals surface area contributed by atoms with Gasteiger partial charge >= 0.3 is 12.1 Å². The minimum absolute atomic E-state index is 0.184. The van der Waals surface area contributed by atoms with Crippen molar-refractivity contribution in [3.05, 3.63) is 93.2 Å². The number of nitrogens with zero attached hydrogens (tertiary/aromatic N) is 4. The Kier molecular flexibility index (Phi) is 8.57. The van der Waals surface area contributed by atoms with Crippen LogP contribution in [0.5, 0.6) is 5.75 Å². The lowest BCUT2D eigenvalue weighted by Gasteiger charge is -2.31. The van der Waals surface area contributed by atoms with Gasteiger partial charge in [-0.15, -0.1) is 0 Å². The monoisotopic (exact) mass is 646 g/mol. The molecule has 1 aromatic heterocycles. The van der Waals surface area contributed by atoms with Gasteiger partial charge in [0.15, 0.2) is 0 Å². The van der Waals surface area contributed by atoms with Gasteiger partial charge in [-0.3, -0.25) is 4.90 Å². The first-order valence-corrected chi connectivity index (χ1v) is 15.3. The summed E-state index contributed by atoms with van der Waals surface area (Å²) in [7, 11) is 2.98. The number of ether oxygens (including phenoxy) is 3. The molecular formula is C34H32Cl2N4O5. The zero-order chi connectivity index (χ0) is 31.8. The molecule has 4 aromatic rings. The van der Waals surface area contributed by atoms with Crippen molar-refractivity contribution in [2.45, 2.75) is 39.0 Å². The van der Waals surface area contributed by atoms with Crippen molar-refractivity contribution in [3.63, 3.8) is 0 Å². The summed E-state index contributed by atoms with van der Waals surface area (Å²) in [4.78, 5) is 38.9. The average molecular weight is 648 g/mol. The number of carbonyl (C=O) groups is 2. The predicted molar refractivity (Wildman–Crippen MR) is 173 cm³/mol. The molecule has 2 atom stereocenters. The number of methoxy groups -OCH3 is 2.